The number of rotatable bonds is 3. The van der Waals surface area contributed by atoms with Crippen LogP contribution in [0.1, 0.15) is 38.9 Å². The van der Waals surface area contributed by atoms with Crippen LogP contribution in [0.3, 0.4) is 0 Å². The lowest BCUT2D eigenvalue weighted by molar-refractivity contribution is 0.658. The van der Waals surface area contributed by atoms with Gasteiger partial charge in [0.2, 0.25) is 0 Å². The van der Waals surface area contributed by atoms with Crippen molar-refractivity contribution in [3.63, 3.8) is 0 Å². The molecule has 2 heterocycles. The number of anilines is 2. The molecule has 5 nitrogen and oxygen atoms in total. The summed E-state index contributed by atoms with van der Waals surface area (Å²) in [7, 11) is 0. The predicted octanol–water partition coefficient (Wildman–Crippen LogP) is 1.73. The van der Waals surface area contributed by atoms with Gasteiger partial charge >= 0.3 is 0 Å². The average Bonchev–Trinajstić information content (AvgIpc) is 2.75. The highest BCUT2D eigenvalue weighted by atomic mass is 15.3. The van der Waals surface area contributed by atoms with E-state index in [9.17, 15) is 0 Å². The minimum atomic E-state index is 0.307. The van der Waals surface area contributed by atoms with Crippen molar-refractivity contribution in [1.29, 1.82) is 0 Å². The van der Waals surface area contributed by atoms with Gasteiger partial charge in [-0.2, -0.15) is 0 Å². The number of hydrazine groups is 1. The standard InChI is InChI=1S/C12H21N5/c1-8(2)12-14-10(16-13)6-11(15-12)17-5-4-9(3)7-17/h6,8-9H,4-5,7,13H2,1-3H3,(H,14,15,16). The summed E-state index contributed by atoms with van der Waals surface area (Å²) in [6.45, 7) is 8.59. The van der Waals surface area contributed by atoms with Crippen molar-refractivity contribution in [3.05, 3.63) is 11.9 Å². The number of nitrogens with two attached hydrogens (primary N) is 1. The monoisotopic (exact) mass is 235 g/mol. The van der Waals surface area contributed by atoms with E-state index in [1.54, 1.807) is 0 Å². The summed E-state index contributed by atoms with van der Waals surface area (Å²) in [4.78, 5) is 11.3. The van der Waals surface area contributed by atoms with Crippen molar-refractivity contribution in [2.24, 2.45) is 11.8 Å². The van der Waals surface area contributed by atoms with Crippen LogP contribution in [0.5, 0.6) is 0 Å². The first-order valence-electron chi connectivity index (χ1n) is 6.20. The van der Waals surface area contributed by atoms with E-state index in [-0.39, 0.29) is 0 Å². The van der Waals surface area contributed by atoms with Crippen molar-refractivity contribution >= 4 is 11.6 Å². The quantitative estimate of drug-likeness (QED) is 0.617. The first-order valence-corrected chi connectivity index (χ1v) is 6.20. The van der Waals surface area contributed by atoms with E-state index in [0.717, 1.165) is 30.6 Å². The Morgan fingerprint density at radius 2 is 2.24 bits per heavy atom. The van der Waals surface area contributed by atoms with E-state index < -0.39 is 0 Å². The highest BCUT2D eigenvalue weighted by molar-refractivity contribution is 5.49. The SMILES string of the molecule is CC1CCN(c2cc(NN)nc(C(C)C)n2)C1. The van der Waals surface area contributed by atoms with Gasteiger partial charge < -0.3 is 10.3 Å². The average molecular weight is 235 g/mol. The molecule has 1 unspecified atom stereocenters. The van der Waals surface area contributed by atoms with Crippen LogP contribution in [-0.4, -0.2) is 23.1 Å². The van der Waals surface area contributed by atoms with E-state index >= 15 is 0 Å². The van der Waals surface area contributed by atoms with E-state index in [4.69, 9.17) is 5.84 Å². The molecule has 1 aromatic rings. The fraction of sp³-hybridized carbons (Fsp3) is 0.667. The van der Waals surface area contributed by atoms with Crippen molar-refractivity contribution in [2.75, 3.05) is 23.4 Å². The van der Waals surface area contributed by atoms with Crippen LogP contribution in [0.25, 0.3) is 0 Å². The van der Waals surface area contributed by atoms with Gasteiger partial charge in [-0.25, -0.2) is 15.8 Å². The third-order valence-corrected chi connectivity index (χ3v) is 3.14. The normalized spacial score (nSPS) is 20.1. The Kier molecular flexibility index (Phi) is 3.47. The Labute approximate surface area is 102 Å². The molecule has 0 saturated carbocycles. The lowest BCUT2D eigenvalue weighted by atomic mass is 10.2. The van der Waals surface area contributed by atoms with E-state index in [0.29, 0.717) is 11.7 Å². The van der Waals surface area contributed by atoms with Gasteiger partial charge in [0.15, 0.2) is 0 Å². The summed E-state index contributed by atoms with van der Waals surface area (Å²) in [6, 6.07) is 1.92. The molecule has 1 atom stereocenters. The fourth-order valence-corrected chi connectivity index (χ4v) is 2.09. The Hall–Kier alpha value is -1.36. The molecule has 1 fully saturated rings. The second kappa shape index (κ2) is 4.87. The van der Waals surface area contributed by atoms with Gasteiger partial charge in [0.05, 0.1) is 0 Å². The molecule has 5 heteroatoms. The Morgan fingerprint density at radius 3 is 2.76 bits per heavy atom. The molecule has 17 heavy (non-hydrogen) atoms. The Morgan fingerprint density at radius 1 is 1.47 bits per heavy atom. The molecule has 94 valence electrons. The molecule has 1 aliphatic heterocycles. The van der Waals surface area contributed by atoms with Gasteiger partial charge in [-0.3, -0.25) is 0 Å². The summed E-state index contributed by atoms with van der Waals surface area (Å²) >= 11 is 0. The van der Waals surface area contributed by atoms with Crippen LogP contribution in [0.4, 0.5) is 11.6 Å². The van der Waals surface area contributed by atoms with Crippen LogP contribution in [0.2, 0.25) is 0 Å². The summed E-state index contributed by atoms with van der Waals surface area (Å²) in [6.07, 6.45) is 1.23. The number of nitrogens with one attached hydrogen (secondary N) is 1. The third kappa shape index (κ3) is 2.66. The van der Waals surface area contributed by atoms with Gasteiger partial charge in [0.25, 0.3) is 0 Å². The van der Waals surface area contributed by atoms with Crippen molar-refractivity contribution < 1.29 is 0 Å². The fourth-order valence-electron chi connectivity index (χ4n) is 2.09. The highest BCUT2D eigenvalue weighted by Gasteiger charge is 2.21. The largest absolute Gasteiger partial charge is 0.356 e. The minimum absolute atomic E-state index is 0.307. The third-order valence-electron chi connectivity index (χ3n) is 3.14. The molecule has 1 aromatic heterocycles. The van der Waals surface area contributed by atoms with Gasteiger partial charge in [0.1, 0.15) is 17.5 Å². The molecular weight excluding hydrogens is 214 g/mol. The number of nitrogens with zero attached hydrogens (tertiary/aromatic N) is 3. The summed E-state index contributed by atoms with van der Waals surface area (Å²) in [5, 5.41) is 0. The molecular formula is C12H21N5. The maximum Gasteiger partial charge on any atom is 0.145 e. The Bertz CT molecular complexity index is 390. The van der Waals surface area contributed by atoms with Crippen LogP contribution < -0.4 is 16.2 Å². The predicted molar refractivity (Wildman–Crippen MR) is 69.9 cm³/mol. The lowest BCUT2D eigenvalue weighted by Gasteiger charge is -2.19. The zero-order valence-electron chi connectivity index (χ0n) is 10.8. The van der Waals surface area contributed by atoms with Crippen molar-refractivity contribution in [3.8, 4) is 0 Å². The van der Waals surface area contributed by atoms with E-state index in [1.807, 2.05) is 6.07 Å². The van der Waals surface area contributed by atoms with Gasteiger partial charge in [-0.05, 0) is 12.3 Å². The maximum absolute atomic E-state index is 5.45. The number of hydrogen-bond acceptors (Lipinski definition) is 5. The summed E-state index contributed by atoms with van der Waals surface area (Å²) < 4.78 is 0. The second-order valence-electron chi connectivity index (χ2n) is 5.11. The summed E-state index contributed by atoms with van der Waals surface area (Å²) in [5.74, 6) is 9.02. The van der Waals surface area contributed by atoms with Crippen LogP contribution in [-0.2, 0) is 0 Å². The number of hydrogen-bond donors (Lipinski definition) is 2. The van der Waals surface area contributed by atoms with Gasteiger partial charge in [0, 0.05) is 25.1 Å². The van der Waals surface area contributed by atoms with Gasteiger partial charge in [-0.1, -0.05) is 20.8 Å². The molecule has 3 N–H and O–H groups in total. The molecule has 1 saturated heterocycles. The maximum atomic E-state index is 5.45. The summed E-state index contributed by atoms with van der Waals surface area (Å²) in [5.41, 5.74) is 2.62. The molecule has 1 aliphatic rings. The highest BCUT2D eigenvalue weighted by Crippen LogP contribution is 2.24. The van der Waals surface area contributed by atoms with E-state index in [1.165, 1.54) is 6.42 Å². The molecule has 2 rings (SSSR count). The zero-order chi connectivity index (χ0) is 12.4. The topological polar surface area (TPSA) is 67.1 Å². The molecule has 0 bridgehead atoms. The van der Waals surface area contributed by atoms with Crippen LogP contribution in [0, 0.1) is 5.92 Å². The van der Waals surface area contributed by atoms with E-state index in [2.05, 4.69) is 41.1 Å². The van der Waals surface area contributed by atoms with Crippen LogP contribution >= 0.6 is 0 Å². The Balaban J connectivity index is 2.29. The smallest absolute Gasteiger partial charge is 0.145 e. The zero-order valence-corrected chi connectivity index (χ0v) is 10.8. The number of nitrogen functional groups attached to an aromatic ring is 1. The minimum Gasteiger partial charge on any atom is -0.356 e. The molecule has 0 aliphatic carbocycles. The number of aromatic nitrogens is 2. The molecule has 0 aromatic carbocycles. The lowest BCUT2D eigenvalue weighted by Crippen LogP contribution is -2.22. The van der Waals surface area contributed by atoms with Crippen molar-refractivity contribution in [2.45, 2.75) is 33.1 Å². The van der Waals surface area contributed by atoms with Crippen LogP contribution in [0.15, 0.2) is 6.07 Å². The molecule has 0 radical (unpaired) electrons. The second-order valence-corrected chi connectivity index (χ2v) is 5.11. The van der Waals surface area contributed by atoms with Crippen molar-refractivity contribution in [1.82, 2.24) is 9.97 Å². The first kappa shape index (κ1) is 12.1. The molecule has 0 spiro atoms. The van der Waals surface area contributed by atoms with Gasteiger partial charge in [-0.15, -0.1) is 0 Å². The first-order chi connectivity index (χ1) is 8.10. The molecule has 0 amide bonds.